The average Bonchev–Trinajstić information content (AvgIpc) is 2.61. The van der Waals surface area contributed by atoms with E-state index in [1.807, 2.05) is 0 Å². The fourth-order valence-electron chi connectivity index (χ4n) is 2.84. The van der Waals surface area contributed by atoms with Crippen molar-refractivity contribution in [3.63, 3.8) is 0 Å². The Hall–Kier alpha value is -3.00. The van der Waals surface area contributed by atoms with Crippen molar-refractivity contribution in [3.05, 3.63) is 69.5 Å². The molecule has 1 atom stereocenters. The van der Waals surface area contributed by atoms with Crippen molar-refractivity contribution in [2.24, 2.45) is 0 Å². The summed E-state index contributed by atoms with van der Waals surface area (Å²) in [6.07, 6.45) is -0.502. The first-order valence-corrected chi connectivity index (χ1v) is 7.66. The van der Waals surface area contributed by atoms with E-state index in [0.29, 0.717) is 5.56 Å². The van der Waals surface area contributed by atoms with Crippen LogP contribution in [0.5, 0.6) is 0 Å². The highest BCUT2D eigenvalue weighted by Gasteiger charge is 2.31. The molecule has 0 spiro atoms. The highest BCUT2D eigenvalue weighted by Crippen LogP contribution is 2.29. The van der Waals surface area contributed by atoms with Gasteiger partial charge in [-0.25, -0.2) is 4.39 Å². The van der Waals surface area contributed by atoms with Gasteiger partial charge in [0.05, 0.1) is 23.8 Å². The molecule has 1 aliphatic rings. The number of hydrogen-bond donors (Lipinski definition) is 1. The van der Waals surface area contributed by atoms with Crippen molar-refractivity contribution < 1.29 is 18.8 Å². The van der Waals surface area contributed by atoms with Crippen LogP contribution in [0.3, 0.4) is 0 Å². The quantitative estimate of drug-likeness (QED) is 0.523. The van der Waals surface area contributed by atoms with Crippen LogP contribution in [0.4, 0.5) is 15.8 Å². The largest absolute Gasteiger partial charge is 0.398 e. The Morgan fingerprint density at radius 2 is 2.08 bits per heavy atom. The van der Waals surface area contributed by atoms with Gasteiger partial charge < -0.3 is 15.4 Å². The first-order chi connectivity index (χ1) is 12.0. The number of rotatable bonds is 3. The number of nitro benzene ring substituents is 1. The molecule has 0 unspecified atom stereocenters. The van der Waals surface area contributed by atoms with Crippen LogP contribution in [-0.4, -0.2) is 35.4 Å². The van der Waals surface area contributed by atoms with Crippen LogP contribution in [0.1, 0.15) is 22.0 Å². The summed E-state index contributed by atoms with van der Waals surface area (Å²) in [7, 11) is 0. The zero-order valence-electron chi connectivity index (χ0n) is 13.2. The maximum Gasteiger partial charge on any atom is 0.284 e. The van der Waals surface area contributed by atoms with Gasteiger partial charge in [-0.1, -0.05) is 18.2 Å². The van der Waals surface area contributed by atoms with Gasteiger partial charge in [0.15, 0.2) is 0 Å². The number of hydrogen-bond acceptors (Lipinski definition) is 5. The van der Waals surface area contributed by atoms with E-state index in [2.05, 4.69) is 0 Å². The van der Waals surface area contributed by atoms with Gasteiger partial charge in [0.2, 0.25) is 0 Å². The first kappa shape index (κ1) is 16.8. The van der Waals surface area contributed by atoms with Gasteiger partial charge in [-0.2, -0.15) is 0 Å². The molecule has 1 saturated heterocycles. The Morgan fingerprint density at radius 3 is 2.80 bits per heavy atom. The van der Waals surface area contributed by atoms with E-state index in [9.17, 15) is 19.3 Å². The molecule has 130 valence electrons. The van der Waals surface area contributed by atoms with E-state index in [4.69, 9.17) is 10.5 Å². The third-order valence-corrected chi connectivity index (χ3v) is 4.06. The van der Waals surface area contributed by atoms with Crippen molar-refractivity contribution >= 4 is 17.3 Å². The Balaban J connectivity index is 1.87. The Labute approximate surface area is 143 Å². The van der Waals surface area contributed by atoms with Crippen LogP contribution < -0.4 is 5.73 Å². The monoisotopic (exact) mass is 345 g/mol. The van der Waals surface area contributed by atoms with E-state index in [0.717, 1.165) is 0 Å². The van der Waals surface area contributed by atoms with Crippen LogP contribution in [0, 0.1) is 15.9 Å². The normalized spacial score (nSPS) is 17.3. The van der Waals surface area contributed by atoms with Crippen molar-refractivity contribution in [2.45, 2.75) is 6.10 Å². The van der Waals surface area contributed by atoms with Crippen LogP contribution in [0.2, 0.25) is 0 Å². The number of carbonyl (C=O) groups is 1. The SMILES string of the molecule is Nc1cccc([N+](=O)[O-])c1C(=O)N1CCO[C@@H](c2cccc(F)c2)C1. The summed E-state index contributed by atoms with van der Waals surface area (Å²) in [6, 6.07) is 10.1. The highest BCUT2D eigenvalue weighted by atomic mass is 19.1. The third kappa shape index (κ3) is 3.43. The number of ether oxygens (including phenoxy) is 1. The summed E-state index contributed by atoms with van der Waals surface area (Å²) in [5.74, 6) is -0.929. The third-order valence-electron chi connectivity index (χ3n) is 4.06. The fraction of sp³-hybridized carbons (Fsp3) is 0.235. The van der Waals surface area contributed by atoms with Gasteiger partial charge >= 0.3 is 0 Å². The van der Waals surface area contributed by atoms with Gasteiger partial charge in [-0.15, -0.1) is 0 Å². The molecule has 3 rings (SSSR count). The second kappa shape index (κ2) is 6.86. The summed E-state index contributed by atoms with van der Waals surface area (Å²) < 4.78 is 19.0. The van der Waals surface area contributed by atoms with Crippen molar-refractivity contribution in [3.8, 4) is 0 Å². The molecule has 25 heavy (non-hydrogen) atoms. The molecule has 0 bridgehead atoms. The van der Waals surface area contributed by atoms with Gasteiger partial charge in [0.25, 0.3) is 11.6 Å². The molecule has 2 N–H and O–H groups in total. The van der Waals surface area contributed by atoms with E-state index in [1.165, 1.54) is 35.2 Å². The molecule has 2 aromatic carbocycles. The molecule has 8 heteroatoms. The lowest BCUT2D eigenvalue weighted by Gasteiger charge is -2.33. The molecule has 0 saturated carbocycles. The number of nitro groups is 1. The average molecular weight is 345 g/mol. The lowest BCUT2D eigenvalue weighted by molar-refractivity contribution is -0.385. The van der Waals surface area contributed by atoms with Crippen molar-refractivity contribution in [1.29, 1.82) is 0 Å². The van der Waals surface area contributed by atoms with Gasteiger partial charge in [0, 0.05) is 12.6 Å². The number of anilines is 1. The number of amides is 1. The number of carbonyl (C=O) groups excluding carboxylic acids is 1. The fourth-order valence-corrected chi connectivity index (χ4v) is 2.84. The summed E-state index contributed by atoms with van der Waals surface area (Å²) in [5.41, 5.74) is 5.99. The molecular formula is C17H16FN3O4. The predicted octanol–water partition coefficient (Wildman–Crippen LogP) is 2.53. The first-order valence-electron chi connectivity index (χ1n) is 7.66. The molecule has 1 heterocycles. The number of nitrogen functional groups attached to an aromatic ring is 1. The molecule has 1 amide bonds. The van der Waals surface area contributed by atoms with Crippen molar-refractivity contribution in [1.82, 2.24) is 4.90 Å². The van der Waals surface area contributed by atoms with Gasteiger partial charge in [0.1, 0.15) is 17.5 Å². The molecule has 1 fully saturated rings. The summed E-state index contributed by atoms with van der Waals surface area (Å²) in [4.78, 5) is 24.8. The number of benzene rings is 2. The number of nitrogens with two attached hydrogens (primary N) is 1. The molecule has 1 aliphatic heterocycles. The Bertz CT molecular complexity index is 827. The second-order valence-electron chi connectivity index (χ2n) is 5.66. The van der Waals surface area contributed by atoms with E-state index in [1.54, 1.807) is 12.1 Å². The Morgan fingerprint density at radius 1 is 1.32 bits per heavy atom. The molecular weight excluding hydrogens is 329 g/mol. The zero-order chi connectivity index (χ0) is 18.0. The summed E-state index contributed by atoms with van der Waals surface area (Å²) in [5, 5.41) is 11.2. The molecule has 0 radical (unpaired) electrons. The zero-order valence-corrected chi connectivity index (χ0v) is 13.2. The van der Waals surface area contributed by atoms with E-state index in [-0.39, 0.29) is 36.6 Å². The van der Waals surface area contributed by atoms with E-state index >= 15 is 0 Å². The van der Waals surface area contributed by atoms with Gasteiger partial charge in [-0.05, 0) is 23.8 Å². The topological polar surface area (TPSA) is 98.7 Å². The number of morpholine rings is 1. The Kier molecular flexibility index (Phi) is 4.62. The lowest BCUT2D eigenvalue weighted by atomic mass is 10.1. The van der Waals surface area contributed by atoms with Crippen LogP contribution >= 0.6 is 0 Å². The highest BCUT2D eigenvalue weighted by molar-refractivity contribution is 6.03. The summed E-state index contributed by atoms with van der Waals surface area (Å²) >= 11 is 0. The minimum absolute atomic E-state index is 0.0491. The number of nitrogens with zero attached hydrogens (tertiary/aromatic N) is 2. The van der Waals surface area contributed by atoms with Crippen LogP contribution in [0.15, 0.2) is 42.5 Å². The second-order valence-corrected chi connectivity index (χ2v) is 5.66. The minimum Gasteiger partial charge on any atom is -0.398 e. The number of halogens is 1. The molecule has 2 aromatic rings. The summed E-state index contributed by atoms with van der Waals surface area (Å²) in [6.45, 7) is 0.678. The molecule has 0 aromatic heterocycles. The molecule has 0 aliphatic carbocycles. The maximum absolute atomic E-state index is 13.4. The predicted molar refractivity (Wildman–Crippen MR) is 88.5 cm³/mol. The van der Waals surface area contributed by atoms with Crippen LogP contribution in [0.25, 0.3) is 0 Å². The standard InChI is InChI=1S/C17H16FN3O4/c18-12-4-1-3-11(9-12)15-10-20(7-8-25-15)17(22)16-13(19)5-2-6-14(16)21(23)24/h1-6,9,15H,7-8,10,19H2/t15-/m1/s1. The smallest absolute Gasteiger partial charge is 0.284 e. The van der Waals surface area contributed by atoms with Crippen molar-refractivity contribution in [2.75, 3.05) is 25.4 Å². The van der Waals surface area contributed by atoms with Crippen LogP contribution in [-0.2, 0) is 4.74 Å². The maximum atomic E-state index is 13.4. The minimum atomic E-state index is -0.631. The van der Waals surface area contributed by atoms with Gasteiger partial charge in [-0.3, -0.25) is 14.9 Å². The molecule has 7 nitrogen and oxygen atoms in total. The lowest BCUT2D eigenvalue weighted by Crippen LogP contribution is -2.42. The van der Waals surface area contributed by atoms with E-state index < -0.39 is 22.8 Å².